The molecule has 4 aliphatic rings. The highest BCUT2D eigenvalue weighted by atomic mass is 16.2. The number of hydrogen-bond donors (Lipinski definition) is 0. The fraction of sp³-hybridized carbons (Fsp3) is 0.588. The summed E-state index contributed by atoms with van der Waals surface area (Å²) >= 11 is 0. The van der Waals surface area contributed by atoms with Crippen molar-refractivity contribution >= 4 is 11.7 Å². The predicted octanol–water partition coefficient (Wildman–Crippen LogP) is 1.79. The minimum Gasteiger partial charge on any atom is -0.354 e. The molecule has 3 aliphatic heterocycles. The highest BCUT2D eigenvalue weighted by Crippen LogP contribution is 2.36. The molecule has 22 heavy (non-hydrogen) atoms. The van der Waals surface area contributed by atoms with E-state index in [1.165, 1.54) is 12.8 Å². The summed E-state index contributed by atoms with van der Waals surface area (Å²) in [6, 6.07) is 6.03. The van der Waals surface area contributed by atoms with E-state index >= 15 is 0 Å². The molecule has 1 aliphatic carbocycles. The van der Waals surface area contributed by atoms with Crippen molar-refractivity contribution in [2.24, 2.45) is 11.8 Å². The number of pyridine rings is 1. The zero-order valence-corrected chi connectivity index (χ0v) is 12.6. The average Bonchev–Trinajstić information content (AvgIpc) is 3.38. The first-order chi connectivity index (χ1) is 10.7. The van der Waals surface area contributed by atoms with Gasteiger partial charge in [0.25, 0.3) is 0 Å². The fourth-order valence-corrected chi connectivity index (χ4v) is 3.71. The molecule has 1 aromatic rings. The molecule has 0 unspecified atom stereocenters. The SMILES string of the molecule is N#Cc1ccnc(N2C[C@H]3CC[C@@H](C2)N(CC2CC2)C3=O)c1. The highest BCUT2D eigenvalue weighted by molar-refractivity contribution is 5.81. The van der Waals surface area contributed by atoms with Gasteiger partial charge in [-0.3, -0.25) is 4.79 Å². The molecule has 114 valence electrons. The van der Waals surface area contributed by atoms with Gasteiger partial charge in [-0.15, -0.1) is 0 Å². The Kier molecular flexibility index (Phi) is 3.25. The van der Waals surface area contributed by atoms with Crippen LogP contribution in [0.15, 0.2) is 18.3 Å². The van der Waals surface area contributed by atoms with Gasteiger partial charge in [0.05, 0.1) is 17.6 Å². The third-order valence-electron chi connectivity index (χ3n) is 5.14. The molecule has 5 nitrogen and oxygen atoms in total. The largest absolute Gasteiger partial charge is 0.354 e. The number of aromatic nitrogens is 1. The Balaban J connectivity index is 1.59. The first-order valence-electron chi connectivity index (χ1n) is 8.16. The quantitative estimate of drug-likeness (QED) is 0.853. The van der Waals surface area contributed by atoms with E-state index < -0.39 is 0 Å². The summed E-state index contributed by atoms with van der Waals surface area (Å²) in [6.07, 6.45) is 6.31. The normalized spacial score (nSPS) is 27.7. The minimum absolute atomic E-state index is 0.0880. The number of anilines is 1. The van der Waals surface area contributed by atoms with Gasteiger partial charge in [0, 0.05) is 31.9 Å². The van der Waals surface area contributed by atoms with Crippen LogP contribution in [0, 0.1) is 23.2 Å². The van der Waals surface area contributed by atoms with Crippen molar-refractivity contribution < 1.29 is 4.79 Å². The summed E-state index contributed by atoms with van der Waals surface area (Å²) in [4.78, 5) is 21.5. The maximum Gasteiger partial charge on any atom is 0.227 e. The molecular weight excluding hydrogens is 276 g/mol. The number of hydrogen-bond acceptors (Lipinski definition) is 4. The van der Waals surface area contributed by atoms with Crippen LogP contribution in [0.3, 0.4) is 0 Å². The van der Waals surface area contributed by atoms with Crippen molar-refractivity contribution in [2.75, 3.05) is 24.5 Å². The van der Waals surface area contributed by atoms with E-state index in [1.807, 2.05) is 6.07 Å². The lowest BCUT2D eigenvalue weighted by atomic mass is 9.94. The Morgan fingerprint density at radius 2 is 2.14 bits per heavy atom. The number of carbonyl (C=O) groups excluding carboxylic acids is 1. The van der Waals surface area contributed by atoms with Crippen molar-refractivity contribution in [3.05, 3.63) is 23.9 Å². The second kappa shape index (κ2) is 5.28. The third kappa shape index (κ3) is 2.43. The zero-order chi connectivity index (χ0) is 15.1. The monoisotopic (exact) mass is 296 g/mol. The Morgan fingerprint density at radius 1 is 1.27 bits per heavy atom. The van der Waals surface area contributed by atoms with E-state index in [4.69, 9.17) is 5.26 Å². The number of nitrogens with zero attached hydrogens (tertiary/aromatic N) is 4. The molecular formula is C17H20N4O. The third-order valence-corrected chi connectivity index (χ3v) is 5.14. The van der Waals surface area contributed by atoms with Crippen LogP contribution in [-0.4, -0.2) is 41.5 Å². The second-order valence-corrected chi connectivity index (χ2v) is 6.78. The smallest absolute Gasteiger partial charge is 0.227 e. The van der Waals surface area contributed by atoms with Gasteiger partial charge in [-0.2, -0.15) is 5.26 Å². The number of fused-ring (bicyclic) bond motifs is 4. The molecule has 0 aromatic carbocycles. The molecule has 2 atom stereocenters. The molecule has 1 aromatic heterocycles. The Labute approximate surface area is 130 Å². The van der Waals surface area contributed by atoms with Crippen LogP contribution in [-0.2, 0) is 4.79 Å². The van der Waals surface area contributed by atoms with Crippen LogP contribution in [0.2, 0.25) is 0 Å². The lowest BCUT2D eigenvalue weighted by molar-refractivity contribution is -0.140. The number of carbonyl (C=O) groups is 1. The number of rotatable bonds is 3. The van der Waals surface area contributed by atoms with Crippen molar-refractivity contribution in [1.82, 2.24) is 9.88 Å². The predicted molar refractivity (Wildman–Crippen MR) is 82.1 cm³/mol. The van der Waals surface area contributed by atoms with Gasteiger partial charge >= 0.3 is 0 Å². The Hall–Kier alpha value is -2.09. The molecule has 0 N–H and O–H groups in total. The Morgan fingerprint density at radius 3 is 2.91 bits per heavy atom. The van der Waals surface area contributed by atoms with Crippen LogP contribution >= 0.6 is 0 Å². The lowest BCUT2D eigenvalue weighted by Gasteiger charge is -2.36. The van der Waals surface area contributed by atoms with Crippen molar-refractivity contribution in [3.63, 3.8) is 0 Å². The molecule has 4 fully saturated rings. The summed E-state index contributed by atoms with van der Waals surface area (Å²) in [5.74, 6) is 1.99. The van der Waals surface area contributed by atoms with Crippen molar-refractivity contribution in [3.8, 4) is 6.07 Å². The number of amides is 1. The number of piperidine rings is 1. The first kappa shape index (κ1) is 13.6. The van der Waals surface area contributed by atoms with Gasteiger partial charge in [-0.05, 0) is 43.7 Å². The summed E-state index contributed by atoms with van der Waals surface area (Å²) < 4.78 is 0. The molecule has 2 bridgehead atoms. The summed E-state index contributed by atoms with van der Waals surface area (Å²) in [7, 11) is 0. The van der Waals surface area contributed by atoms with Crippen LogP contribution in [0.4, 0.5) is 5.82 Å². The standard InChI is InChI=1S/C17H20N4O/c18-8-13-5-6-19-16(7-13)20-10-14-3-4-15(11-20)21(17(14)22)9-12-1-2-12/h5-7,12,14-15H,1-4,9-11H2/t14-,15+/m1/s1. The van der Waals surface area contributed by atoms with E-state index in [-0.39, 0.29) is 5.92 Å². The van der Waals surface area contributed by atoms with Crippen molar-refractivity contribution in [2.45, 2.75) is 31.7 Å². The summed E-state index contributed by atoms with van der Waals surface area (Å²) in [6.45, 7) is 2.52. The highest BCUT2D eigenvalue weighted by Gasteiger charge is 2.42. The maximum absolute atomic E-state index is 12.7. The van der Waals surface area contributed by atoms with Gasteiger partial charge in [0.2, 0.25) is 5.91 Å². The van der Waals surface area contributed by atoms with E-state index in [1.54, 1.807) is 12.3 Å². The molecule has 5 rings (SSSR count). The van der Waals surface area contributed by atoms with E-state index in [2.05, 4.69) is 20.9 Å². The molecule has 1 amide bonds. The van der Waals surface area contributed by atoms with E-state index in [0.29, 0.717) is 17.5 Å². The zero-order valence-electron chi connectivity index (χ0n) is 12.6. The second-order valence-electron chi connectivity index (χ2n) is 6.78. The number of nitriles is 1. The van der Waals surface area contributed by atoms with Crippen LogP contribution in [0.25, 0.3) is 0 Å². The summed E-state index contributed by atoms with van der Waals surface area (Å²) in [5.41, 5.74) is 0.628. The van der Waals surface area contributed by atoms with Gasteiger partial charge in [0.15, 0.2) is 0 Å². The van der Waals surface area contributed by atoms with Crippen LogP contribution < -0.4 is 4.90 Å². The Bertz CT molecular complexity index is 634. The van der Waals surface area contributed by atoms with Gasteiger partial charge in [0.1, 0.15) is 5.82 Å². The average molecular weight is 296 g/mol. The van der Waals surface area contributed by atoms with Gasteiger partial charge < -0.3 is 9.80 Å². The summed E-state index contributed by atoms with van der Waals surface area (Å²) in [5, 5.41) is 9.06. The van der Waals surface area contributed by atoms with Gasteiger partial charge in [-0.1, -0.05) is 0 Å². The van der Waals surface area contributed by atoms with Crippen LogP contribution in [0.5, 0.6) is 0 Å². The maximum atomic E-state index is 12.7. The molecule has 3 saturated heterocycles. The fourth-order valence-electron chi connectivity index (χ4n) is 3.71. The van der Waals surface area contributed by atoms with Crippen LogP contribution in [0.1, 0.15) is 31.2 Å². The molecule has 5 heteroatoms. The molecule has 0 radical (unpaired) electrons. The van der Waals surface area contributed by atoms with E-state index in [9.17, 15) is 4.79 Å². The minimum atomic E-state index is 0.0880. The molecule has 4 heterocycles. The first-order valence-corrected chi connectivity index (χ1v) is 8.16. The lowest BCUT2D eigenvalue weighted by Crippen LogP contribution is -2.48. The topological polar surface area (TPSA) is 60.2 Å². The molecule has 1 saturated carbocycles. The van der Waals surface area contributed by atoms with E-state index in [0.717, 1.165) is 44.2 Å². The van der Waals surface area contributed by atoms with Gasteiger partial charge in [-0.25, -0.2) is 4.98 Å². The molecule has 0 spiro atoms. The van der Waals surface area contributed by atoms with Crippen molar-refractivity contribution in [1.29, 1.82) is 5.26 Å².